The summed E-state index contributed by atoms with van der Waals surface area (Å²) in [5, 5.41) is 2.92. The molecule has 0 saturated heterocycles. The molecule has 0 aromatic heterocycles. The van der Waals surface area contributed by atoms with Crippen LogP contribution in [0.5, 0.6) is 11.5 Å². The van der Waals surface area contributed by atoms with Gasteiger partial charge in [0, 0.05) is 11.3 Å². The minimum absolute atomic E-state index is 0.0788. The number of nitrogens with zero attached hydrogens (tertiary/aromatic N) is 1. The maximum atomic E-state index is 12.3. The summed E-state index contributed by atoms with van der Waals surface area (Å²) in [6, 6.07) is 13.6. The van der Waals surface area contributed by atoms with E-state index in [-0.39, 0.29) is 24.4 Å². The Hall–Kier alpha value is -2.90. The van der Waals surface area contributed by atoms with Crippen LogP contribution in [-0.2, 0) is 6.54 Å². The van der Waals surface area contributed by atoms with Gasteiger partial charge in [-0.25, -0.2) is 4.99 Å². The zero-order valence-corrected chi connectivity index (χ0v) is 15.1. The monoisotopic (exact) mass is 381 g/mol. The molecule has 0 radical (unpaired) electrons. The summed E-state index contributed by atoms with van der Waals surface area (Å²) >= 11 is 0. The summed E-state index contributed by atoms with van der Waals surface area (Å²) in [7, 11) is 0. The highest BCUT2D eigenvalue weighted by Crippen LogP contribution is 2.23. The second-order valence-corrected chi connectivity index (χ2v) is 6.03. The van der Waals surface area contributed by atoms with E-state index < -0.39 is 12.8 Å². The number of para-hydroxylation sites is 1. The molecule has 0 bridgehead atoms. The number of benzene rings is 2. The molecule has 0 aliphatic rings. The van der Waals surface area contributed by atoms with Gasteiger partial charge in [-0.15, -0.1) is 0 Å². The average Bonchev–Trinajstić information content (AvgIpc) is 2.59. The third-order valence-electron chi connectivity index (χ3n) is 3.28. The highest BCUT2D eigenvalue weighted by atomic mass is 19.4. The van der Waals surface area contributed by atoms with Crippen LogP contribution in [0.25, 0.3) is 0 Å². The van der Waals surface area contributed by atoms with Crippen molar-refractivity contribution in [2.45, 2.75) is 32.7 Å². The molecule has 0 amide bonds. The summed E-state index contributed by atoms with van der Waals surface area (Å²) in [5.41, 5.74) is 7.08. The number of ether oxygens (including phenoxy) is 2. The molecule has 3 N–H and O–H groups in total. The van der Waals surface area contributed by atoms with Crippen molar-refractivity contribution in [3.8, 4) is 11.5 Å². The molecule has 0 aliphatic carbocycles. The topological polar surface area (TPSA) is 68.9 Å². The van der Waals surface area contributed by atoms with Gasteiger partial charge in [0.1, 0.15) is 11.5 Å². The van der Waals surface area contributed by atoms with E-state index in [9.17, 15) is 13.2 Å². The molecule has 27 heavy (non-hydrogen) atoms. The van der Waals surface area contributed by atoms with Gasteiger partial charge in [0.05, 0.1) is 12.6 Å². The largest absolute Gasteiger partial charge is 0.491 e. The normalized spacial score (nSPS) is 12.1. The SMILES string of the molecule is CC(C)Oc1ccc(NC(N)=NCc2ccccc2OCC(F)(F)F)cc1. The number of nitrogens with one attached hydrogen (secondary N) is 1. The van der Waals surface area contributed by atoms with Gasteiger partial charge in [0.2, 0.25) is 0 Å². The van der Waals surface area contributed by atoms with Crippen molar-refractivity contribution in [2.75, 3.05) is 11.9 Å². The Labute approximate surface area is 156 Å². The first kappa shape index (κ1) is 20.4. The lowest BCUT2D eigenvalue weighted by molar-refractivity contribution is -0.153. The van der Waals surface area contributed by atoms with Gasteiger partial charge in [-0.1, -0.05) is 18.2 Å². The maximum absolute atomic E-state index is 12.3. The number of guanidine groups is 1. The lowest BCUT2D eigenvalue weighted by atomic mass is 10.2. The lowest BCUT2D eigenvalue weighted by Crippen LogP contribution is -2.22. The van der Waals surface area contributed by atoms with Crippen molar-refractivity contribution in [2.24, 2.45) is 10.7 Å². The van der Waals surface area contributed by atoms with Crippen molar-refractivity contribution in [3.05, 3.63) is 54.1 Å². The molecule has 0 heterocycles. The van der Waals surface area contributed by atoms with Crippen molar-refractivity contribution >= 4 is 11.6 Å². The number of alkyl halides is 3. The van der Waals surface area contributed by atoms with Crippen molar-refractivity contribution in [1.82, 2.24) is 0 Å². The molecule has 0 fully saturated rings. The third kappa shape index (κ3) is 7.47. The van der Waals surface area contributed by atoms with Crippen LogP contribution < -0.4 is 20.5 Å². The minimum atomic E-state index is -4.40. The third-order valence-corrected chi connectivity index (χ3v) is 3.28. The van der Waals surface area contributed by atoms with Crippen LogP contribution in [0.1, 0.15) is 19.4 Å². The molecule has 0 atom stereocenters. The van der Waals surface area contributed by atoms with E-state index in [1.807, 2.05) is 13.8 Å². The molecular formula is C19H22F3N3O2. The number of aliphatic imine (C=N–C) groups is 1. The van der Waals surface area contributed by atoms with Crippen LogP contribution in [0.15, 0.2) is 53.5 Å². The number of anilines is 1. The van der Waals surface area contributed by atoms with E-state index in [4.69, 9.17) is 15.2 Å². The van der Waals surface area contributed by atoms with Crippen LogP contribution in [-0.4, -0.2) is 24.8 Å². The molecule has 0 aliphatic heterocycles. The molecule has 146 valence electrons. The molecule has 5 nitrogen and oxygen atoms in total. The number of nitrogens with two attached hydrogens (primary N) is 1. The van der Waals surface area contributed by atoms with Crippen molar-refractivity contribution < 1.29 is 22.6 Å². The van der Waals surface area contributed by atoms with Crippen LogP contribution in [0, 0.1) is 0 Å². The molecule has 2 rings (SSSR count). The summed E-state index contributed by atoms with van der Waals surface area (Å²) in [4.78, 5) is 4.16. The van der Waals surface area contributed by atoms with Gasteiger partial charge in [-0.3, -0.25) is 0 Å². The molecule has 0 spiro atoms. The van der Waals surface area contributed by atoms with Crippen LogP contribution in [0.2, 0.25) is 0 Å². The van der Waals surface area contributed by atoms with E-state index in [1.165, 1.54) is 6.07 Å². The van der Waals surface area contributed by atoms with Crippen LogP contribution >= 0.6 is 0 Å². The molecular weight excluding hydrogens is 359 g/mol. The summed E-state index contributed by atoms with van der Waals surface area (Å²) in [6.07, 6.45) is -4.32. The van der Waals surface area contributed by atoms with Crippen LogP contribution in [0.3, 0.4) is 0 Å². The second kappa shape index (κ2) is 9.16. The van der Waals surface area contributed by atoms with E-state index in [2.05, 4.69) is 10.3 Å². The Morgan fingerprint density at radius 3 is 2.41 bits per heavy atom. The number of hydrogen-bond donors (Lipinski definition) is 2. The Bertz CT molecular complexity index is 760. The average molecular weight is 381 g/mol. The lowest BCUT2D eigenvalue weighted by Gasteiger charge is -2.12. The zero-order valence-electron chi connectivity index (χ0n) is 15.1. The Balaban J connectivity index is 1.97. The van der Waals surface area contributed by atoms with Crippen molar-refractivity contribution in [1.29, 1.82) is 0 Å². The van der Waals surface area contributed by atoms with Gasteiger partial charge < -0.3 is 20.5 Å². The molecule has 2 aromatic carbocycles. The van der Waals surface area contributed by atoms with E-state index in [0.29, 0.717) is 11.3 Å². The summed E-state index contributed by atoms with van der Waals surface area (Å²) in [6.45, 7) is 2.60. The van der Waals surface area contributed by atoms with Gasteiger partial charge in [0.25, 0.3) is 0 Å². The van der Waals surface area contributed by atoms with Gasteiger partial charge in [-0.2, -0.15) is 13.2 Å². The number of hydrogen-bond acceptors (Lipinski definition) is 3. The predicted octanol–water partition coefficient (Wildman–Crippen LogP) is 4.34. The number of halogens is 3. The Morgan fingerprint density at radius 2 is 1.78 bits per heavy atom. The van der Waals surface area contributed by atoms with E-state index in [1.54, 1.807) is 42.5 Å². The van der Waals surface area contributed by atoms with E-state index >= 15 is 0 Å². The van der Waals surface area contributed by atoms with Crippen LogP contribution in [0.4, 0.5) is 18.9 Å². The first-order valence-electron chi connectivity index (χ1n) is 8.34. The zero-order chi connectivity index (χ0) is 19.9. The molecule has 0 saturated carbocycles. The van der Waals surface area contributed by atoms with Crippen molar-refractivity contribution in [3.63, 3.8) is 0 Å². The first-order chi connectivity index (χ1) is 12.7. The molecule has 8 heteroatoms. The smallest absolute Gasteiger partial charge is 0.422 e. The van der Waals surface area contributed by atoms with Gasteiger partial charge in [-0.05, 0) is 44.2 Å². The van der Waals surface area contributed by atoms with Gasteiger partial charge >= 0.3 is 6.18 Å². The minimum Gasteiger partial charge on any atom is -0.491 e. The standard InChI is InChI=1S/C19H22F3N3O2/c1-13(2)27-16-9-7-15(8-10-16)25-18(23)24-11-14-5-3-4-6-17(14)26-12-19(20,21)22/h3-10,13H,11-12H2,1-2H3,(H3,23,24,25). The molecule has 2 aromatic rings. The second-order valence-electron chi connectivity index (χ2n) is 6.03. The summed E-state index contributed by atoms with van der Waals surface area (Å²) < 4.78 is 47.4. The first-order valence-corrected chi connectivity index (χ1v) is 8.34. The highest BCUT2D eigenvalue weighted by Gasteiger charge is 2.28. The quantitative estimate of drug-likeness (QED) is 0.553. The Kier molecular flexibility index (Phi) is 6.92. The van der Waals surface area contributed by atoms with E-state index in [0.717, 1.165) is 5.75 Å². The highest BCUT2D eigenvalue weighted by molar-refractivity contribution is 5.92. The fraction of sp³-hybridized carbons (Fsp3) is 0.316. The fourth-order valence-corrected chi connectivity index (χ4v) is 2.18. The fourth-order valence-electron chi connectivity index (χ4n) is 2.18. The van der Waals surface area contributed by atoms with Gasteiger partial charge in [0.15, 0.2) is 12.6 Å². The Morgan fingerprint density at radius 1 is 1.11 bits per heavy atom. The molecule has 0 unspecified atom stereocenters. The summed E-state index contributed by atoms with van der Waals surface area (Å²) in [5.74, 6) is 1.00. The maximum Gasteiger partial charge on any atom is 0.422 e. The predicted molar refractivity (Wildman–Crippen MR) is 99.1 cm³/mol. The number of rotatable bonds is 7.